The monoisotopic (exact) mass is 324 g/mol. The molecule has 0 fully saturated rings. The highest BCUT2D eigenvalue weighted by molar-refractivity contribution is 5.72. The molecule has 3 aromatic rings. The number of hydrogen-bond acceptors (Lipinski definition) is 5. The van der Waals surface area contributed by atoms with Gasteiger partial charge in [-0.2, -0.15) is 5.10 Å². The van der Waals surface area contributed by atoms with Crippen LogP contribution < -0.4 is 5.56 Å². The molecule has 0 aliphatic rings. The Labute approximate surface area is 137 Å². The van der Waals surface area contributed by atoms with E-state index < -0.39 is 5.97 Å². The number of rotatable bonds is 6. The first-order chi connectivity index (χ1) is 11.7. The van der Waals surface area contributed by atoms with Crippen molar-refractivity contribution in [2.45, 2.75) is 12.8 Å². The maximum atomic E-state index is 12.0. The van der Waals surface area contributed by atoms with Crippen LogP contribution in [0.1, 0.15) is 11.1 Å². The zero-order chi connectivity index (χ0) is 16.8. The fraction of sp³-hybridized carbons (Fsp3) is 0.176. The third-order valence-electron chi connectivity index (χ3n) is 3.41. The van der Waals surface area contributed by atoms with Gasteiger partial charge >= 0.3 is 5.97 Å². The molecular weight excluding hydrogens is 308 g/mol. The number of ether oxygens (including phenoxy) is 1. The molecule has 0 unspecified atom stereocenters. The van der Waals surface area contributed by atoms with E-state index in [0.29, 0.717) is 12.4 Å². The third kappa shape index (κ3) is 3.95. The molecule has 0 aliphatic heterocycles. The number of benzene rings is 1. The third-order valence-corrected chi connectivity index (χ3v) is 3.41. The standard InChI is InChI=1S/C17H16N4O3/c22-15(24-10-7-13-5-2-1-3-6-13)11-14-12-18-17(20-16(14)23)21-9-4-8-19-21/h1-6,8-9,12H,7,10-11H2,(H,18,20,23). The van der Waals surface area contributed by atoms with E-state index in [1.54, 1.807) is 18.5 Å². The van der Waals surface area contributed by atoms with Crippen LogP contribution in [0.5, 0.6) is 0 Å². The van der Waals surface area contributed by atoms with Crippen LogP contribution in [0, 0.1) is 0 Å². The van der Waals surface area contributed by atoms with Gasteiger partial charge in [-0.25, -0.2) is 9.67 Å². The summed E-state index contributed by atoms with van der Waals surface area (Å²) < 4.78 is 6.60. The first kappa shape index (κ1) is 15.7. The lowest BCUT2D eigenvalue weighted by Gasteiger charge is -2.05. The molecule has 1 aromatic carbocycles. The second-order valence-electron chi connectivity index (χ2n) is 5.14. The molecule has 0 bridgehead atoms. The summed E-state index contributed by atoms with van der Waals surface area (Å²) >= 11 is 0. The van der Waals surface area contributed by atoms with Gasteiger partial charge < -0.3 is 4.74 Å². The lowest BCUT2D eigenvalue weighted by molar-refractivity contribution is -0.142. The van der Waals surface area contributed by atoms with Crippen LogP contribution in [-0.4, -0.2) is 32.3 Å². The molecule has 0 radical (unpaired) electrons. The van der Waals surface area contributed by atoms with Crippen LogP contribution in [0.15, 0.2) is 59.8 Å². The second-order valence-corrected chi connectivity index (χ2v) is 5.14. The Morgan fingerprint density at radius 2 is 2.04 bits per heavy atom. The molecule has 0 atom stereocenters. The van der Waals surface area contributed by atoms with Crippen LogP contribution >= 0.6 is 0 Å². The van der Waals surface area contributed by atoms with Gasteiger partial charge in [-0.15, -0.1) is 0 Å². The molecule has 0 amide bonds. The smallest absolute Gasteiger partial charge is 0.310 e. The minimum absolute atomic E-state index is 0.115. The number of carbonyl (C=O) groups excluding carboxylic acids is 1. The van der Waals surface area contributed by atoms with Gasteiger partial charge in [0, 0.05) is 30.6 Å². The van der Waals surface area contributed by atoms with Crippen molar-refractivity contribution in [1.82, 2.24) is 19.7 Å². The van der Waals surface area contributed by atoms with E-state index in [2.05, 4.69) is 15.1 Å². The maximum absolute atomic E-state index is 12.0. The fourth-order valence-electron chi connectivity index (χ4n) is 2.18. The Balaban J connectivity index is 1.55. The summed E-state index contributed by atoms with van der Waals surface area (Å²) in [5.74, 6) is -0.156. The highest BCUT2D eigenvalue weighted by Crippen LogP contribution is 2.01. The molecule has 3 rings (SSSR count). The van der Waals surface area contributed by atoms with Crippen molar-refractivity contribution >= 4 is 5.97 Å². The molecule has 0 spiro atoms. The first-order valence-corrected chi connectivity index (χ1v) is 7.50. The molecule has 24 heavy (non-hydrogen) atoms. The van der Waals surface area contributed by atoms with Gasteiger partial charge in [0.05, 0.1) is 13.0 Å². The minimum atomic E-state index is -0.454. The van der Waals surface area contributed by atoms with Crippen molar-refractivity contribution in [2.24, 2.45) is 0 Å². The largest absolute Gasteiger partial charge is 0.465 e. The number of H-pyrrole nitrogens is 1. The van der Waals surface area contributed by atoms with E-state index in [9.17, 15) is 9.59 Å². The number of nitrogens with zero attached hydrogens (tertiary/aromatic N) is 3. The number of nitrogens with one attached hydrogen (secondary N) is 1. The highest BCUT2D eigenvalue weighted by atomic mass is 16.5. The van der Waals surface area contributed by atoms with Crippen molar-refractivity contribution in [3.05, 3.63) is 76.5 Å². The van der Waals surface area contributed by atoms with Gasteiger partial charge in [0.1, 0.15) is 0 Å². The Hall–Kier alpha value is -3.22. The van der Waals surface area contributed by atoms with Crippen LogP contribution in [0.3, 0.4) is 0 Å². The molecule has 0 aliphatic carbocycles. The summed E-state index contributed by atoms with van der Waals surface area (Å²) in [6, 6.07) is 11.5. The number of hydrogen-bond donors (Lipinski definition) is 1. The van der Waals surface area contributed by atoms with Gasteiger partial charge in [-0.1, -0.05) is 30.3 Å². The minimum Gasteiger partial charge on any atom is -0.465 e. The van der Waals surface area contributed by atoms with Crippen LogP contribution in [0.4, 0.5) is 0 Å². The van der Waals surface area contributed by atoms with Gasteiger partial charge in [-0.05, 0) is 11.6 Å². The number of esters is 1. The molecule has 1 N–H and O–H groups in total. The van der Waals surface area contributed by atoms with E-state index >= 15 is 0 Å². The van der Waals surface area contributed by atoms with E-state index in [1.807, 2.05) is 30.3 Å². The predicted molar refractivity (Wildman–Crippen MR) is 86.8 cm³/mol. The molecule has 2 aromatic heterocycles. The Morgan fingerprint density at radius 3 is 2.75 bits per heavy atom. The van der Waals surface area contributed by atoms with Crippen LogP contribution in [-0.2, 0) is 22.4 Å². The Morgan fingerprint density at radius 1 is 1.21 bits per heavy atom. The number of aromatic amines is 1. The number of aromatic nitrogens is 4. The van der Waals surface area contributed by atoms with Crippen molar-refractivity contribution in [3.63, 3.8) is 0 Å². The maximum Gasteiger partial charge on any atom is 0.310 e. The molecule has 7 nitrogen and oxygen atoms in total. The topological polar surface area (TPSA) is 89.9 Å². The summed E-state index contributed by atoms with van der Waals surface area (Å²) in [7, 11) is 0. The second kappa shape index (κ2) is 7.36. The van der Waals surface area contributed by atoms with Crippen LogP contribution in [0.2, 0.25) is 0 Å². The molecule has 0 saturated heterocycles. The zero-order valence-electron chi connectivity index (χ0n) is 12.9. The first-order valence-electron chi connectivity index (χ1n) is 7.50. The van der Waals surface area contributed by atoms with Crippen molar-refractivity contribution in [3.8, 4) is 5.95 Å². The summed E-state index contributed by atoms with van der Waals surface area (Å²) in [4.78, 5) is 30.6. The van der Waals surface area contributed by atoms with Gasteiger partial charge in [-0.3, -0.25) is 14.6 Å². The zero-order valence-corrected chi connectivity index (χ0v) is 12.9. The molecule has 0 saturated carbocycles. The fourth-order valence-corrected chi connectivity index (χ4v) is 2.18. The average molecular weight is 324 g/mol. The Bertz CT molecular complexity index is 857. The number of carbonyl (C=O) groups is 1. The van der Waals surface area contributed by atoms with Crippen molar-refractivity contribution in [1.29, 1.82) is 0 Å². The van der Waals surface area contributed by atoms with Crippen molar-refractivity contribution < 1.29 is 9.53 Å². The Kier molecular flexibility index (Phi) is 4.81. The molecular formula is C17H16N4O3. The quantitative estimate of drug-likeness (QED) is 0.690. The van der Waals surface area contributed by atoms with Gasteiger partial charge in [0.15, 0.2) is 0 Å². The van der Waals surface area contributed by atoms with E-state index in [-0.39, 0.29) is 24.2 Å². The lowest BCUT2D eigenvalue weighted by atomic mass is 10.2. The highest BCUT2D eigenvalue weighted by Gasteiger charge is 2.10. The van der Waals surface area contributed by atoms with E-state index in [0.717, 1.165) is 5.56 Å². The van der Waals surface area contributed by atoms with Gasteiger partial charge in [0.25, 0.3) is 5.56 Å². The van der Waals surface area contributed by atoms with E-state index in [1.165, 1.54) is 10.9 Å². The summed E-state index contributed by atoms with van der Waals surface area (Å²) in [6.45, 7) is 0.277. The van der Waals surface area contributed by atoms with Crippen molar-refractivity contribution in [2.75, 3.05) is 6.61 Å². The molecule has 2 heterocycles. The summed E-state index contributed by atoms with van der Waals surface area (Å²) in [5, 5.41) is 3.98. The van der Waals surface area contributed by atoms with E-state index in [4.69, 9.17) is 4.74 Å². The van der Waals surface area contributed by atoms with Gasteiger partial charge in [0.2, 0.25) is 5.95 Å². The SMILES string of the molecule is O=C(Cc1cnc(-n2cccn2)[nH]c1=O)OCCc1ccccc1. The summed E-state index contributed by atoms with van der Waals surface area (Å²) in [6.07, 6.45) is 5.14. The average Bonchev–Trinajstić information content (AvgIpc) is 3.12. The normalized spacial score (nSPS) is 10.5. The predicted octanol–water partition coefficient (Wildman–Crippen LogP) is 1.28. The summed E-state index contributed by atoms with van der Waals surface area (Å²) in [5.41, 5.74) is 0.972. The molecule has 7 heteroatoms. The molecule has 122 valence electrons. The van der Waals surface area contributed by atoms with Crippen LogP contribution in [0.25, 0.3) is 5.95 Å². The lowest BCUT2D eigenvalue weighted by Crippen LogP contribution is -2.21.